The summed E-state index contributed by atoms with van der Waals surface area (Å²) in [6, 6.07) is 11.9. The van der Waals surface area contributed by atoms with Crippen LogP contribution in [0.4, 0.5) is 5.82 Å². The Hall–Kier alpha value is -3.26. The van der Waals surface area contributed by atoms with E-state index in [1.807, 2.05) is 52.0 Å². The zero-order chi connectivity index (χ0) is 24.4. The molecule has 8 nitrogen and oxygen atoms in total. The van der Waals surface area contributed by atoms with Crippen molar-refractivity contribution in [3.05, 3.63) is 59.8 Å². The predicted octanol–water partition coefficient (Wildman–Crippen LogP) is 3.24. The molecule has 1 heterocycles. The summed E-state index contributed by atoms with van der Waals surface area (Å²) >= 11 is 0. The average Bonchev–Trinajstić information content (AvgIpc) is 2.75. The zero-order valence-electron chi connectivity index (χ0n) is 20.1. The van der Waals surface area contributed by atoms with Gasteiger partial charge in [-0.3, -0.25) is 14.4 Å². The smallest absolute Gasteiger partial charge is 0.247 e. The number of hydrogen-bond donors (Lipinski definition) is 2. The number of hydrogen-bond acceptors (Lipinski definition) is 5. The maximum Gasteiger partial charge on any atom is 0.247 e. The number of amides is 3. The second-order valence-electron chi connectivity index (χ2n) is 8.90. The van der Waals surface area contributed by atoms with Crippen molar-refractivity contribution in [1.29, 1.82) is 0 Å². The Balaban J connectivity index is 2.23. The number of benzene rings is 1. The minimum absolute atomic E-state index is 0.0274. The highest BCUT2D eigenvalue weighted by Crippen LogP contribution is 2.24. The maximum atomic E-state index is 13.3. The number of nitrogens with one attached hydrogen (secondary N) is 2. The molecule has 1 atom stereocenters. The molecular weight excluding hydrogens is 420 g/mol. The number of aryl methyl sites for hydroxylation is 1. The summed E-state index contributed by atoms with van der Waals surface area (Å²) in [5, 5.41) is 5.66. The second kappa shape index (κ2) is 12.1. The third-order valence-electron chi connectivity index (χ3n) is 4.81. The van der Waals surface area contributed by atoms with Gasteiger partial charge in [-0.15, -0.1) is 0 Å². The van der Waals surface area contributed by atoms with E-state index in [0.717, 1.165) is 5.56 Å². The summed E-state index contributed by atoms with van der Waals surface area (Å²) < 4.78 is 5.20. The van der Waals surface area contributed by atoms with Crippen molar-refractivity contribution >= 4 is 23.5 Å². The lowest BCUT2D eigenvalue weighted by atomic mass is 10.00. The lowest BCUT2D eigenvalue weighted by Gasteiger charge is -2.33. The summed E-state index contributed by atoms with van der Waals surface area (Å²) in [4.78, 5) is 44.4. The van der Waals surface area contributed by atoms with Gasteiger partial charge in [0.2, 0.25) is 17.7 Å². The minimum atomic E-state index is -0.841. The van der Waals surface area contributed by atoms with Crippen LogP contribution >= 0.6 is 0 Å². The molecule has 0 aliphatic carbocycles. The van der Waals surface area contributed by atoms with Crippen molar-refractivity contribution < 1.29 is 19.1 Å². The Kier molecular flexibility index (Phi) is 9.54. The molecule has 0 radical (unpaired) electrons. The van der Waals surface area contributed by atoms with Crippen LogP contribution in [-0.4, -0.2) is 53.4 Å². The lowest BCUT2D eigenvalue weighted by Crippen LogP contribution is -2.50. The fourth-order valence-electron chi connectivity index (χ4n) is 3.25. The topological polar surface area (TPSA) is 101 Å². The molecule has 3 amide bonds. The van der Waals surface area contributed by atoms with Gasteiger partial charge in [-0.1, -0.05) is 35.9 Å². The van der Waals surface area contributed by atoms with Gasteiger partial charge in [0, 0.05) is 38.2 Å². The molecule has 0 fully saturated rings. The van der Waals surface area contributed by atoms with Gasteiger partial charge in [-0.25, -0.2) is 4.98 Å². The van der Waals surface area contributed by atoms with Gasteiger partial charge in [0.05, 0.1) is 6.61 Å². The quantitative estimate of drug-likeness (QED) is 0.574. The SMILES string of the molecule is COCCN(C(=O)CCC(=O)Nc1ccccn1)[C@H](C(=O)NC(C)(C)C)c1ccc(C)cc1. The van der Waals surface area contributed by atoms with E-state index in [2.05, 4.69) is 15.6 Å². The van der Waals surface area contributed by atoms with Crippen LogP contribution in [0.3, 0.4) is 0 Å². The normalized spacial score (nSPS) is 12.0. The molecule has 0 unspecified atom stereocenters. The van der Waals surface area contributed by atoms with Crippen LogP contribution in [0, 0.1) is 6.92 Å². The second-order valence-corrected chi connectivity index (χ2v) is 8.90. The van der Waals surface area contributed by atoms with Crippen molar-refractivity contribution in [1.82, 2.24) is 15.2 Å². The van der Waals surface area contributed by atoms with E-state index in [0.29, 0.717) is 11.4 Å². The maximum absolute atomic E-state index is 13.3. The standard InChI is InChI=1S/C25H34N4O4/c1-18-9-11-19(12-10-18)23(24(32)28-25(2,3)4)29(16-17-33-5)22(31)14-13-21(30)27-20-8-6-7-15-26-20/h6-12,15,23H,13-14,16-17H2,1-5H3,(H,28,32)(H,26,27,30)/t23-/m0/s1. The summed E-state index contributed by atoms with van der Waals surface area (Å²) in [6.45, 7) is 8.10. The first-order valence-electron chi connectivity index (χ1n) is 11.0. The Morgan fingerprint density at radius 3 is 2.33 bits per heavy atom. The molecule has 33 heavy (non-hydrogen) atoms. The summed E-state index contributed by atoms with van der Waals surface area (Å²) in [5.41, 5.74) is 1.28. The number of nitrogens with zero attached hydrogens (tertiary/aromatic N) is 2. The molecule has 0 bridgehead atoms. The highest BCUT2D eigenvalue weighted by atomic mass is 16.5. The van der Waals surface area contributed by atoms with Gasteiger partial charge >= 0.3 is 0 Å². The Morgan fingerprint density at radius 2 is 1.76 bits per heavy atom. The van der Waals surface area contributed by atoms with Crippen LogP contribution in [0.15, 0.2) is 48.7 Å². The van der Waals surface area contributed by atoms with Crippen LogP contribution in [0.2, 0.25) is 0 Å². The van der Waals surface area contributed by atoms with Gasteiger partial charge in [0.15, 0.2) is 0 Å². The fraction of sp³-hybridized carbons (Fsp3) is 0.440. The van der Waals surface area contributed by atoms with E-state index in [1.165, 1.54) is 4.90 Å². The molecule has 1 aromatic heterocycles. The number of carbonyl (C=O) groups excluding carboxylic acids is 3. The molecule has 0 aliphatic heterocycles. The average molecular weight is 455 g/mol. The predicted molar refractivity (Wildman–Crippen MR) is 128 cm³/mol. The number of rotatable bonds is 10. The van der Waals surface area contributed by atoms with E-state index >= 15 is 0 Å². The lowest BCUT2D eigenvalue weighted by molar-refractivity contribution is -0.142. The van der Waals surface area contributed by atoms with Crippen molar-refractivity contribution in [3.63, 3.8) is 0 Å². The molecule has 2 aromatic rings. The van der Waals surface area contributed by atoms with Gasteiger partial charge in [-0.2, -0.15) is 0 Å². The fourth-order valence-corrected chi connectivity index (χ4v) is 3.25. The van der Waals surface area contributed by atoms with Crippen LogP contribution in [-0.2, 0) is 19.1 Å². The molecule has 0 saturated heterocycles. The van der Waals surface area contributed by atoms with E-state index < -0.39 is 11.6 Å². The molecule has 0 aliphatic rings. The number of pyridine rings is 1. The molecule has 0 saturated carbocycles. The third-order valence-corrected chi connectivity index (χ3v) is 4.81. The van der Waals surface area contributed by atoms with Crippen LogP contribution < -0.4 is 10.6 Å². The Labute approximate surface area is 195 Å². The van der Waals surface area contributed by atoms with E-state index in [4.69, 9.17) is 4.74 Å². The summed E-state index contributed by atoms with van der Waals surface area (Å²) in [5.74, 6) is -0.486. The molecule has 2 rings (SSSR count). The number of ether oxygens (including phenoxy) is 1. The van der Waals surface area contributed by atoms with Gasteiger partial charge in [0.1, 0.15) is 11.9 Å². The first kappa shape index (κ1) is 26.0. The minimum Gasteiger partial charge on any atom is -0.383 e. The molecular formula is C25H34N4O4. The highest BCUT2D eigenvalue weighted by molar-refractivity contribution is 5.94. The van der Waals surface area contributed by atoms with E-state index in [9.17, 15) is 14.4 Å². The first-order valence-corrected chi connectivity index (χ1v) is 11.0. The molecule has 8 heteroatoms. The molecule has 1 aromatic carbocycles. The van der Waals surface area contributed by atoms with Crippen molar-refractivity contribution in [3.8, 4) is 0 Å². The van der Waals surface area contributed by atoms with E-state index in [1.54, 1.807) is 31.5 Å². The molecule has 2 N–H and O–H groups in total. The Morgan fingerprint density at radius 1 is 1.06 bits per heavy atom. The zero-order valence-corrected chi connectivity index (χ0v) is 20.1. The first-order chi connectivity index (χ1) is 15.6. The molecule has 0 spiro atoms. The van der Waals surface area contributed by atoms with Gasteiger partial charge in [0.25, 0.3) is 0 Å². The monoisotopic (exact) mass is 454 g/mol. The van der Waals surface area contributed by atoms with E-state index in [-0.39, 0.29) is 43.7 Å². The van der Waals surface area contributed by atoms with Gasteiger partial charge in [-0.05, 0) is 45.4 Å². The van der Waals surface area contributed by atoms with Crippen LogP contribution in [0.1, 0.15) is 50.8 Å². The van der Waals surface area contributed by atoms with Gasteiger partial charge < -0.3 is 20.3 Å². The van der Waals surface area contributed by atoms with Crippen molar-refractivity contribution in [2.24, 2.45) is 0 Å². The highest BCUT2D eigenvalue weighted by Gasteiger charge is 2.33. The van der Waals surface area contributed by atoms with Crippen molar-refractivity contribution in [2.45, 2.75) is 52.1 Å². The number of anilines is 1. The van der Waals surface area contributed by atoms with Crippen LogP contribution in [0.5, 0.6) is 0 Å². The Bertz CT molecular complexity index is 924. The largest absolute Gasteiger partial charge is 0.383 e. The number of aromatic nitrogens is 1. The summed E-state index contributed by atoms with van der Waals surface area (Å²) in [7, 11) is 1.54. The van der Waals surface area contributed by atoms with Crippen molar-refractivity contribution in [2.75, 3.05) is 25.6 Å². The number of carbonyl (C=O) groups is 3. The molecule has 178 valence electrons. The summed E-state index contributed by atoms with van der Waals surface area (Å²) in [6.07, 6.45) is 1.50. The number of methoxy groups -OCH3 is 1. The van der Waals surface area contributed by atoms with Crippen LogP contribution in [0.25, 0.3) is 0 Å². The third kappa shape index (κ3) is 8.65.